The highest BCUT2D eigenvalue weighted by atomic mass is 16.9. The summed E-state index contributed by atoms with van der Waals surface area (Å²) >= 11 is 0. The van der Waals surface area contributed by atoms with Gasteiger partial charge in [0.05, 0.1) is 31.5 Å². The van der Waals surface area contributed by atoms with E-state index >= 15 is 0 Å². The molecule has 0 bridgehead atoms. The molecule has 1 spiro atoms. The molecule has 16 heteroatoms. The van der Waals surface area contributed by atoms with E-state index in [1.807, 2.05) is 0 Å². The van der Waals surface area contributed by atoms with Gasteiger partial charge in [-0.25, -0.2) is 0 Å². The van der Waals surface area contributed by atoms with E-state index in [2.05, 4.69) is 5.32 Å². The van der Waals surface area contributed by atoms with Crippen molar-refractivity contribution in [2.75, 3.05) is 20.3 Å². The SMILES string of the molecule is CN[C@H]1C[C@@H](N)[C@H](O)[C@@H](OC2O[C@H](CO)[C@H](O)[C@@H]3OC4(O[C@H]([C@@H](N)CO)[C@H](O)[C@H](O)[C@H]4O)O[C@H]23)[C@@H]1O. The second-order valence-corrected chi connectivity index (χ2v) is 9.72. The summed E-state index contributed by atoms with van der Waals surface area (Å²) in [5.74, 6) is -2.48. The van der Waals surface area contributed by atoms with Gasteiger partial charge in [0.15, 0.2) is 12.4 Å². The standard InChI is InChI=1S/C20H37N3O13/c1-23-7-2-5(21)9(26)15(10(7)27)33-19-17-16(11(28)8(4-25)32-19)35-20(36-17)18(31)13(30)12(29)14(34-20)6(22)3-24/h5-19,23-31H,2-4,21-22H2,1H3/t5-,6+,7+,8-,9+,10-,11+,12-,13+,14-,15-,16+,17+,18-,19?,20?/m1/s1. The zero-order chi connectivity index (χ0) is 26.5. The predicted molar refractivity (Wildman–Crippen MR) is 115 cm³/mol. The molecule has 0 radical (unpaired) electrons. The van der Waals surface area contributed by atoms with Crippen LogP contribution in [0.15, 0.2) is 0 Å². The van der Waals surface area contributed by atoms with Crippen LogP contribution in [0.1, 0.15) is 6.42 Å². The minimum Gasteiger partial charge on any atom is -0.395 e. The van der Waals surface area contributed by atoms with E-state index in [9.17, 15) is 40.9 Å². The van der Waals surface area contributed by atoms with Gasteiger partial charge in [0.1, 0.15) is 48.8 Å². The summed E-state index contributed by atoms with van der Waals surface area (Å²) < 4.78 is 28.7. The molecule has 4 rings (SSSR count). The van der Waals surface area contributed by atoms with Gasteiger partial charge < -0.3 is 81.3 Å². The summed E-state index contributed by atoms with van der Waals surface area (Å²) in [7, 11) is 1.60. The van der Waals surface area contributed by atoms with Crippen molar-refractivity contribution >= 4 is 0 Å². The Morgan fingerprint density at radius 3 is 2.22 bits per heavy atom. The van der Waals surface area contributed by atoms with Crippen LogP contribution in [0.5, 0.6) is 0 Å². The fourth-order valence-corrected chi connectivity index (χ4v) is 5.23. The largest absolute Gasteiger partial charge is 0.395 e. The summed E-state index contributed by atoms with van der Waals surface area (Å²) in [5, 5.41) is 85.6. The van der Waals surface area contributed by atoms with E-state index < -0.39 is 111 Å². The molecule has 3 heterocycles. The Morgan fingerprint density at radius 2 is 1.61 bits per heavy atom. The molecule has 0 aromatic rings. The first-order chi connectivity index (χ1) is 17.0. The molecule has 36 heavy (non-hydrogen) atoms. The first-order valence-corrected chi connectivity index (χ1v) is 11.8. The van der Waals surface area contributed by atoms with E-state index in [0.29, 0.717) is 0 Å². The number of fused-ring (bicyclic) bond motifs is 1. The smallest absolute Gasteiger partial charge is 0.314 e. The molecule has 210 valence electrons. The number of aliphatic hydroxyl groups excluding tert-OH is 8. The molecule has 3 aliphatic heterocycles. The quantitative estimate of drug-likeness (QED) is 0.153. The van der Waals surface area contributed by atoms with Gasteiger partial charge in [0.25, 0.3) is 0 Å². The van der Waals surface area contributed by atoms with Crippen molar-refractivity contribution in [3.63, 3.8) is 0 Å². The number of likely N-dealkylation sites (N-methyl/N-ethyl adjacent to an activating group) is 1. The molecule has 3 saturated heterocycles. The number of rotatable bonds is 6. The summed E-state index contributed by atoms with van der Waals surface area (Å²) in [6.45, 7) is -1.33. The Labute approximate surface area is 206 Å². The summed E-state index contributed by atoms with van der Waals surface area (Å²) in [6, 6.07) is -2.50. The fourth-order valence-electron chi connectivity index (χ4n) is 5.23. The third kappa shape index (κ3) is 4.68. The lowest BCUT2D eigenvalue weighted by Gasteiger charge is -2.46. The van der Waals surface area contributed by atoms with Crippen LogP contribution in [-0.2, 0) is 23.7 Å². The minimum absolute atomic E-state index is 0.254. The van der Waals surface area contributed by atoms with Gasteiger partial charge in [0.2, 0.25) is 0 Å². The Balaban J connectivity index is 1.62. The number of nitrogens with one attached hydrogen (secondary N) is 1. The molecular weight excluding hydrogens is 490 g/mol. The monoisotopic (exact) mass is 527 g/mol. The van der Waals surface area contributed by atoms with Gasteiger partial charge in [-0.1, -0.05) is 0 Å². The number of ether oxygens (including phenoxy) is 5. The van der Waals surface area contributed by atoms with Crippen molar-refractivity contribution in [2.45, 2.75) is 104 Å². The van der Waals surface area contributed by atoms with Gasteiger partial charge in [-0.15, -0.1) is 0 Å². The lowest BCUT2D eigenvalue weighted by atomic mass is 9.84. The first-order valence-electron chi connectivity index (χ1n) is 11.8. The van der Waals surface area contributed by atoms with Crippen LogP contribution < -0.4 is 16.8 Å². The normalized spacial score (nSPS) is 54.4. The highest BCUT2D eigenvalue weighted by Crippen LogP contribution is 2.45. The minimum atomic E-state index is -2.48. The van der Waals surface area contributed by atoms with Crippen LogP contribution in [0, 0.1) is 0 Å². The van der Waals surface area contributed by atoms with Crippen LogP contribution in [0.4, 0.5) is 0 Å². The van der Waals surface area contributed by atoms with Gasteiger partial charge in [-0.05, 0) is 13.5 Å². The second kappa shape index (κ2) is 10.9. The Kier molecular flexibility index (Phi) is 8.55. The third-order valence-electron chi connectivity index (χ3n) is 7.42. The molecule has 16 nitrogen and oxygen atoms in total. The van der Waals surface area contributed by atoms with Crippen molar-refractivity contribution in [1.82, 2.24) is 5.32 Å². The topological polar surface area (TPSA) is 272 Å². The molecule has 2 unspecified atom stereocenters. The van der Waals surface area contributed by atoms with E-state index in [1.54, 1.807) is 7.05 Å². The Morgan fingerprint density at radius 1 is 0.944 bits per heavy atom. The molecule has 16 atom stereocenters. The average Bonchev–Trinajstić information content (AvgIpc) is 3.27. The maximum Gasteiger partial charge on any atom is 0.314 e. The number of hydrogen-bond donors (Lipinski definition) is 11. The Hall–Kier alpha value is -0.640. The van der Waals surface area contributed by atoms with Gasteiger partial charge in [-0.2, -0.15) is 0 Å². The van der Waals surface area contributed by atoms with Crippen molar-refractivity contribution in [2.24, 2.45) is 11.5 Å². The van der Waals surface area contributed by atoms with E-state index in [4.69, 9.17) is 35.2 Å². The van der Waals surface area contributed by atoms with E-state index in [-0.39, 0.29) is 6.42 Å². The molecule has 1 saturated carbocycles. The van der Waals surface area contributed by atoms with E-state index in [1.165, 1.54) is 0 Å². The van der Waals surface area contributed by atoms with Crippen LogP contribution in [0.3, 0.4) is 0 Å². The highest BCUT2D eigenvalue weighted by Gasteiger charge is 2.67. The van der Waals surface area contributed by atoms with Crippen LogP contribution in [-0.4, -0.2) is 159 Å². The van der Waals surface area contributed by atoms with Crippen LogP contribution in [0.2, 0.25) is 0 Å². The molecule has 4 fully saturated rings. The zero-order valence-electron chi connectivity index (χ0n) is 19.6. The summed E-state index contributed by atoms with van der Waals surface area (Å²) in [6.07, 6.45) is -17.7. The molecule has 13 N–H and O–H groups in total. The second-order valence-electron chi connectivity index (χ2n) is 9.72. The summed E-state index contributed by atoms with van der Waals surface area (Å²) in [5.41, 5.74) is 11.8. The average molecular weight is 528 g/mol. The van der Waals surface area contributed by atoms with Gasteiger partial charge in [0, 0.05) is 12.1 Å². The van der Waals surface area contributed by atoms with Crippen LogP contribution >= 0.6 is 0 Å². The predicted octanol–water partition coefficient (Wildman–Crippen LogP) is -7.27. The lowest BCUT2D eigenvalue weighted by molar-refractivity contribution is -0.439. The highest BCUT2D eigenvalue weighted by molar-refractivity contribution is 5.05. The molecule has 0 amide bonds. The molecule has 0 aromatic carbocycles. The molecule has 4 aliphatic rings. The maximum atomic E-state index is 10.7. The summed E-state index contributed by atoms with van der Waals surface area (Å²) in [4.78, 5) is 0. The lowest BCUT2D eigenvalue weighted by Crippen LogP contribution is -2.69. The molecule has 1 aliphatic carbocycles. The zero-order valence-corrected chi connectivity index (χ0v) is 19.6. The first kappa shape index (κ1) is 28.4. The van der Waals surface area contributed by atoms with Crippen molar-refractivity contribution in [3.8, 4) is 0 Å². The maximum absolute atomic E-state index is 10.7. The van der Waals surface area contributed by atoms with E-state index in [0.717, 1.165) is 0 Å². The van der Waals surface area contributed by atoms with Crippen molar-refractivity contribution in [3.05, 3.63) is 0 Å². The van der Waals surface area contributed by atoms with Gasteiger partial charge in [-0.3, -0.25) is 0 Å². The van der Waals surface area contributed by atoms with Gasteiger partial charge >= 0.3 is 5.97 Å². The molecule has 0 aromatic heterocycles. The van der Waals surface area contributed by atoms with Crippen molar-refractivity contribution in [1.29, 1.82) is 0 Å². The number of hydrogen-bond acceptors (Lipinski definition) is 16. The van der Waals surface area contributed by atoms with Crippen molar-refractivity contribution < 1.29 is 64.5 Å². The Bertz CT molecular complexity index is 756. The number of nitrogens with two attached hydrogens (primary N) is 2. The third-order valence-corrected chi connectivity index (χ3v) is 7.42. The van der Waals surface area contributed by atoms with Crippen LogP contribution in [0.25, 0.3) is 0 Å². The number of aliphatic hydroxyl groups is 8. The fraction of sp³-hybridized carbons (Fsp3) is 1.00. The molecular formula is C20H37N3O13.